The summed E-state index contributed by atoms with van der Waals surface area (Å²) in [6, 6.07) is 32.1. The summed E-state index contributed by atoms with van der Waals surface area (Å²) < 4.78 is 6.50. The summed E-state index contributed by atoms with van der Waals surface area (Å²) >= 11 is 0. The van der Waals surface area contributed by atoms with E-state index in [1.165, 1.54) is 0 Å². The van der Waals surface area contributed by atoms with E-state index in [9.17, 15) is 56.2 Å². The summed E-state index contributed by atoms with van der Waals surface area (Å²) in [5.41, 5.74) is 0.756. The van der Waals surface area contributed by atoms with Gasteiger partial charge in [-0.1, -0.05) is 91.0 Å². The molecule has 0 aliphatic rings. The van der Waals surface area contributed by atoms with Crippen LogP contribution in [0.1, 0.15) is 0 Å². The first-order valence-electron chi connectivity index (χ1n) is 17.8. The van der Waals surface area contributed by atoms with Gasteiger partial charge in [-0.3, -0.25) is 0 Å². The first-order valence-corrected chi connectivity index (χ1v) is 17.8. The van der Waals surface area contributed by atoms with Crippen molar-refractivity contribution in [2.75, 3.05) is 0 Å². The van der Waals surface area contributed by atoms with Crippen molar-refractivity contribution in [3.8, 4) is 96.6 Å². The van der Waals surface area contributed by atoms with Gasteiger partial charge in [-0.25, -0.2) is 0 Å². The van der Waals surface area contributed by atoms with E-state index >= 15 is 0 Å². The van der Waals surface area contributed by atoms with Crippen LogP contribution in [0.15, 0.2) is 108 Å². The van der Waals surface area contributed by atoms with Gasteiger partial charge in [-0.2, -0.15) is 0 Å². The summed E-state index contributed by atoms with van der Waals surface area (Å²) in [5.74, 6) is -13.3. The zero-order valence-electron chi connectivity index (χ0n) is 29.6. The molecule has 0 unspecified atom stereocenters. The van der Waals surface area contributed by atoms with Crippen LogP contribution in [0.25, 0.3) is 98.4 Å². The second kappa shape index (κ2) is 11.8. The van der Waals surface area contributed by atoms with Crippen molar-refractivity contribution in [2.45, 2.75) is 0 Å². The lowest BCUT2D eigenvalue weighted by Crippen LogP contribution is -1.94. The summed E-state index contributed by atoms with van der Waals surface area (Å²) in [6.07, 6.45) is 0. The van der Waals surface area contributed by atoms with Crippen LogP contribution >= 0.6 is 0 Å². The van der Waals surface area contributed by atoms with Crippen LogP contribution in [0.5, 0.6) is 63.2 Å². The van der Waals surface area contributed by atoms with Crippen LogP contribution in [0, 0.1) is 0 Å². The number of phenols is 11. The van der Waals surface area contributed by atoms with Gasteiger partial charge in [0.1, 0.15) is 16.9 Å². The van der Waals surface area contributed by atoms with Gasteiger partial charge < -0.3 is 60.6 Å². The van der Waals surface area contributed by atoms with E-state index in [0.29, 0.717) is 27.1 Å². The van der Waals surface area contributed by atoms with E-state index in [1.807, 2.05) is 78.9 Å². The van der Waals surface area contributed by atoms with Crippen LogP contribution in [0.2, 0.25) is 0 Å². The number of hydrogen-bond acceptors (Lipinski definition) is 12. The summed E-state index contributed by atoms with van der Waals surface area (Å²) in [5, 5.41) is 126. The van der Waals surface area contributed by atoms with Crippen molar-refractivity contribution in [1.82, 2.24) is 0 Å². The van der Waals surface area contributed by atoms with E-state index in [-0.39, 0.29) is 5.56 Å². The Kier molecular flexibility index (Phi) is 6.95. The van der Waals surface area contributed by atoms with Crippen molar-refractivity contribution >= 4 is 65.0 Å². The largest absolute Gasteiger partial charge is 0.506 e. The fourth-order valence-corrected chi connectivity index (χ4v) is 8.49. The maximum absolute atomic E-state index is 11.8. The Hall–Kier alpha value is -8.38. The molecule has 0 saturated carbocycles. The van der Waals surface area contributed by atoms with Crippen molar-refractivity contribution in [1.29, 1.82) is 0 Å². The molecule has 0 atom stereocenters. The average molecular weight is 773 g/mol. The zero-order chi connectivity index (χ0) is 40.5. The minimum atomic E-state index is -1.31. The second-order valence-electron chi connectivity index (χ2n) is 14.0. The van der Waals surface area contributed by atoms with Gasteiger partial charge in [0.2, 0.25) is 11.5 Å². The molecule has 9 aromatic carbocycles. The van der Waals surface area contributed by atoms with E-state index in [0.717, 1.165) is 38.3 Å². The SMILES string of the molecule is Oc1c(O)c(-c2c3ccccc3c(-c3cccc4oc5c6ccccc6ccc5c34)c3ccccc23)c(O)c(O)c1-c1c(O)c(O)c2c(O)c(O)c(O)c(O)c2c1O. The number of aromatic hydroxyl groups is 11. The molecular weight excluding hydrogens is 744 g/mol. The third-order valence-corrected chi connectivity index (χ3v) is 11.1. The molecule has 1 heterocycles. The second-order valence-corrected chi connectivity index (χ2v) is 14.0. The van der Waals surface area contributed by atoms with E-state index < -0.39 is 90.7 Å². The molecule has 12 heteroatoms. The minimum Gasteiger partial charge on any atom is -0.506 e. The highest BCUT2D eigenvalue weighted by atomic mass is 16.4. The molecule has 0 amide bonds. The molecule has 10 rings (SSSR count). The molecule has 11 N–H and O–H groups in total. The van der Waals surface area contributed by atoms with E-state index in [4.69, 9.17) is 4.42 Å². The zero-order valence-corrected chi connectivity index (χ0v) is 29.6. The molecule has 0 spiro atoms. The van der Waals surface area contributed by atoms with Crippen LogP contribution in [0.3, 0.4) is 0 Å². The third-order valence-electron chi connectivity index (χ3n) is 11.1. The van der Waals surface area contributed by atoms with Crippen molar-refractivity contribution in [3.63, 3.8) is 0 Å². The number of fused-ring (bicyclic) bond motifs is 8. The van der Waals surface area contributed by atoms with E-state index in [1.54, 1.807) is 24.3 Å². The first-order chi connectivity index (χ1) is 27.9. The molecular formula is C46H28O12. The predicted octanol–water partition coefficient (Wildman–Crippen LogP) is 9.96. The Balaban J connectivity index is 1.28. The fraction of sp³-hybridized carbons (Fsp3) is 0. The monoisotopic (exact) mass is 772 g/mol. The third kappa shape index (κ3) is 4.27. The Morgan fingerprint density at radius 3 is 1.28 bits per heavy atom. The molecule has 0 bridgehead atoms. The molecule has 12 nitrogen and oxygen atoms in total. The predicted molar refractivity (Wildman–Crippen MR) is 218 cm³/mol. The molecule has 0 radical (unpaired) electrons. The number of phenolic OH excluding ortho intramolecular Hbond substituents is 11. The fourth-order valence-electron chi connectivity index (χ4n) is 8.49. The summed E-state index contributed by atoms with van der Waals surface area (Å²) in [6.45, 7) is 0. The van der Waals surface area contributed by atoms with Gasteiger partial charge in [0.05, 0.1) is 27.5 Å². The average Bonchev–Trinajstić information content (AvgIpc) is 3.63. The van der Waals surface area contributed by atoms with Gasteiger partial charge >= 0.3 is 0 Å². The van der Waals surface area contributed by atoms with Crippen LogP contribution in [-0.4, -0.2) is 56.2 Å². The van der Waals surface area contributed by atoms with Crippen molar-refractivity contribution < 1.29 is 60.6 Å². The Morgan fingerprint density at radius 1 is 0.276 bits per heavy atom. The molecule has 10 aromatic rings. The Morgan fingerprint density at radius 2 is 0.707 bits per heavy atom. The lowest BCUT2D eigenvalue weighted by atomic mass is 9.83. The lowest BCUT2D eigenvalue weighted by Gasteiger charge is -2.22. The van der Waals surface area contributed by atoms with Gasteiger partial charge in [0.15, 0.2) is 46.0 Å². The highest BCUT2D eigenvalue weighted by Crippen LogP contribution is 2.65. The molecule has 0 aliphatic heterocycles. The van der Waals surface area contributed by atoms with E-state index in [2.05, 4.69) is 0 Å². The highest BCUT2D eigenvalue weighted by molar-refractivity contribution is 6.28. The van der Waals surface area contributed by atoms with Crippen molar-refractivity contribution in [3.05, 3.63) is 103 Å². The van der Waals surface area contributed by atoms with Crippen LogP contribution < -0.4 is 0 Å². The molecule has 58 heavy (non-hydrogen) atoms. The Labute approximate surface area is 324 Å². The van der Waals surface area contributed by atoms with Crippen LogP contribution in [0.4, 0.5) is 0 Å². The van der Waals surface area contributed by atoms with Crippen molar-refractivity contribution in [2.24, 2.45) is 0 Å². The standard InChI is InChI=1S/C46H28O12/c47-35-31(38(50)41(53)34-32(35)42(54)44(56)45(57)43(34)55)33-39(51)36(48)30(37(49)40(33)52)29-22-12-5-3-10-20(22)27(21-11-4-6-13-23(21)29)24-14-7-15-26-28(24)25-17-16-18-8-1-2-9-19(18)46(25)58-26/h1-17,47-57H. The molecule has 284 valence electrons. The smallest absolute Gasteiger partial charge is 0.205 e. The number of rotatable bonds is 3. The molecule has 0 aliphatic carbocycles. The van der Waals surface area contributed by atoms with Gasteiger partial charge in [-0.15, -0.1) is 0 Å². The number of hydrogen-bond donors (Lipinski definition) is 11. The van der Waals surface area contributed by atoms with Gasteiger partial charge in [0, 0.05) is 21.7 Å². The number of furan rings is 1. The highest BCUT2D eigenvalue weighted by Gasteiger charge is 2.35. The quantitative estimate of drug-likeness (QED) is 0.0457. The van der Waals surface area contributed by atoms with Gasteiger partial charge in [-0.05, 0) is 50.2 Å². The first kappa shape index (κ1) is 34.1. The molecule has 1 aromatic heterocycles. The summed E-state index contributed by atoms with van der Waals surface area (Å²) in [7, 11) is 0. The summed E-state index contributed by atoms with van der Waals surface area (Å²) in [4.78, 5) is 0. The minimum absolute atomic E-state index is 0.190. The molecule has 0 saturated heterocycles. The lowest BCUT2D eigenvalue weighted by molar-refractivity contribution is 0.347. The van der Waals surface area contributed by atoms with Crippen LogP contribution in [-0.2, 0) is 0 Å². The number of benzene rings is 9. The topological polar surface area (TPSA) is 236 Å². The molecule has 0 fully saturated rings. The maximum atomic E-state index is 11.8. The van der Waals surface area contributed by atoms with Gasteiger partial charge in [0.25, 0.3) is 0 Å². The maximum Gasteiger partial charge on any atom is 0.205 e. The Bertz CT molecular complexity index is 3390. The normalized spacial score (nSPS) is 11.9.